The van der Waals surface area contributed by atoms with E-state index in [1.54, 1.807) is 24.0 Å². The Labute approximate surface area is 232 Å². The van der Waals surface area contributed by atoms with E-state index in [0.29, 0.717) is 5.56 Å². The van der Waals surface area contributed by atoms with E-state index in [1.807, 2.05) is 0 Å². The lowest BCUT2D eigenvalue weighted by molar-refractivity contribution is -0.153. The monoisotopic (exact) mass is 588 g/mol. The number of nitrogens with one attached hydrogen (secondary N) is 1. The number of hydrogen-bond acceptors (Lipinski definition) is 7. The van der Waals surface area contributed by atoms with Crippen molar-refractivity contribution in [2.24, 2.45) is 28.1 Å². The first-order chi connectivity index (χ1) is 18.8. The largest absolute Gasteiger partial charge is 0.341 e. The highest BCUT2D eigenvalue weighted by Gasteiger charge is 2.60. The number of hydrogen-bond donors (Lipinski definition) is 1. The Morgan fingerprint density at radius 3 is 2.55 bits per heavy atom. The molecule has 2 heterocycles. The topological polar surface area (TPSA) is 133 Å². The van der Waals surface area contributed by atoms with Crippen LogP contribution in [0.3, 0.4) is 0 Å². The number of aryl methyl sites for hydroxylation is 1. The Bertz CT molecular complexity index is 1710. The number of anilines is 2. The minimum absolute atomic E-state index is 0.104. The second kappa shape index (κ2) is 9.10. The molecule has 2 bridgehead atoms. The van der Waals surface area contributed by atoms with Gasteiger partial charge in [0.15, 0.2) is 11.7 Å². The zero-order valence-electron chi connectivity index (χ0n) is 22.2. The molecule has 0 spiro atoms. The standard InChI is InChI=1S/C27H29FN4O6S2/c1-14-10-15(4-8-19(14)28)13-32-24-17-6-5-16(11-17)22(24)25(33)23(27(32)34)26-29-20-9-7-18(31(2)39(3,35)36)12-21(20)40(37,38)30-26/h4,7-10,12,16-17,22-24H,5-6,11,13H2,1-3H3,(H,29,30)/t16-,17+,22?,23?,24?/m0/s1. The molecule has 0 aromatic heterocycles. The van der Waals surface area contributed by atoms with E-state index < -0.39 is 37.8 Å². The Kier molecular flexibility index (Phi) is 6.11. The second-order valence-electron chi connectivity index (χ2n) is 11.2. The van der Waals surface area contributed by atoms with Crippen molar-refractivity contribution < 1.29 is 30.8 Å². The van der Waals surface area contributed by atoms with Gasteiger partial charge in [-0.25, -0.2) is 12.8 Å². The SMILES string of the molecule is Cc1cc(CN2C(=O)C(C3=NS(=O)(=O)c4cc(N(C)S(C)(=O)=O)ccc4N3)C(=O)C3C2[C@@H]2CC[C@H]3C2)ccc1F. The van der Waals surface area contributed by atoms with Gasteiger partial charge in [0, 0.05) is 25.6 Å². The van der Waals surface area contributed by atoms with E-state index in [4.69, 9.17) is 0 Å². The van der Waals surface area contributed by atoms with Crippen molar-refractivity contribution in [2.45, 2.75) is 43.7 Å². The van der Waals surface area contributed by atoms with Crippen molar-refractivity contribution in [1.82, 2.24) is 4.90 Å². The van der Waals surface area contributed by atoms with Gasteiger partial charge in [0.25, 0.3) is 10.0 Å². The molecular formula is C27H29FN4O6S2. The van der Waals surface area contributed by atoms with Gasteiger partial charge in [0.1, 0.15) is 16.5 Å². The summed E-state index contributed by atoms with van der Waals surface area (Å²) in [5, 5.41) is 2.90. The van der Waals surface area contributed by atoms with Gasteiger partial charge in [0.05, 0.1) is 17.6 Å². The molecule has 3 fully saturated rings. The number of carbonyl (C=O) groups excluding carboxylic acids is 2. The number of ketones is 1. The predicted octanol–water partition coefficient (Wildman–Crippen LogP) is 2.69. The summed E-state index contributed by atoms with van der Waals surface area (Å²) in [6.45, 7) is 1.82. The summed E-state index contributed by atoms with van der Waals surface area (Å²) in [6, 6.07) is 8.39. The van der Waals surface area contributed by atoms with Crippen LogP contribution < -0.4 is 9.62 Å². The van der Waals surface area contributed by atoms with Crippen LogP contribution in [0.1, 0.15) is 30.4 Å². The molecule has 1 amide bonds. The van der Waals surface area contributed by atoms with Crippen molar-refractivity contribution >= 4 is 48.9 Å². The van der Waals surface area contributed by atoms with E-state index in [0.717, 1.165) is 35.4 Å². The third-order valence-electron chi connectivity index (χ3n) is 8.81. The number of piperidine rings is 1. The van der Waals surface area contributed by atoms with Gasteiger partial charge in [0.2, 0.25) is 15.9 Å². The number of likely N-dealkylation sites (tertiary alicyclic amines) is 1. The van der Waals surface area contributed by atoms with Crippen molar-refractivity contribution in [3.05, 3.63) is 53.3 Å². The van der Waals surface area contributed by atoms with Crippen LogP contribution in [0.25, 0.3) is 0 Å². The zero-order valence-corrected chi connectivity index (χ0v) is 23.8. The van der Waals surface area contributed by atoms with Crippen LogP contribution in [0.2, 0.25) is 0 Å². The molecule has 2 saturated carbocycles. The van der Waals surface area contributed by atoms with E-state index in [1.165, 1.54) is 31.3 Å². The third kappa shape index (κ3) is 4.21. The van der Waals surface area contributed by atoms with Crippen molar-refractivity contribution in [3.63, 3.8) is 0 Å². The highest BCUT2D eigenvalue weighted by Crippen LogP contribution is 2.54. The Morgan fingerprint density at radius 2 is 1.85 bits per heavy atom. The number of amides is 1. The average molecular weight is 589 g/mol. The molecule has 212 valence electrons. The van der Waals surface area contributed by atoms with E-state index in [2.05, 4.69) is 9.71 Å². The lowest BCUT2D eigenvalue weighted by Gasteiger charge is -2.45. The number of benzene rings is 2. The fourth-order valence-corrected chi connectivity index (χ4v) is 8.52. The predicted molar refractivity (Wildman–Crippen MR) is 146 cm³/mol. The van der Waals surface area contributed by atoms with Crippen molar-refractivity contribution in [3.8, 4) is 0 Å². The van der Waals surface area contributed by atoms with Gasteiger partial charge in [-0.1, -0.05) is 12.1 Å². The summed E-state index contributed by atoms with van der Waals surface area (Å²) in [5.74, 6) is -3.03. The van der Waals surface area contributed by atoms with Gasteiger partial charge < -0.3 is 10.2 Å². The number of fused-ring (bicyclic) bond motifs is 6. The zero-order chi connectivity index (χ0) is 28.7. The number of carbonyl (C=O) groups is 2. The van der Waals surface area contributed by atoms with Gasteiger partial charge in [-0.05, 0) is 73.4 Å². The molecule has 3 unspecified atom stereocenters. The number of Topliss-reactive ketones (excluding diaryl/α,β-unsaturated/α-hetero) is 1. The van der Waals surface area contributed by atoms with Gasteiger partial charge in [-0.15, -0.1) is 4.40 Å². The fraction of sp³-hybridized carbons (Fsp3) is 0.444. The first-order valence-electron chi connectivity index (χ1n) is 13.1. The molecule has 2 aliphatic carbocycles. The molecule has 10 nitrogen and oxygen atoms in total. The van der Waals surface area contributed by atoms with Gasteiger partial charge >= 0.3 is 0 Å². The average Bonchev–Trinajstić information content (AvgIpc) is 3.50. The maximum absolute atomic E-state index is 14.0. The van der Waals surface area contributed by atoms with E-state index >= 15 is 0 Å². The fourth-order valence-electron chi connectivity index (χ4n) is 6.85. The highest BCUT2D eigenvalue weighted by molar-refractivity contribution is 7.92. The molecule has 4 aliphatic rings. The Hall–Kier alpha value is -3.32. The summed E-state index contributed by atoms with van der Waals surface area (Å²) < 4.78 is 69.3. The molecule has 1 N–H and O–H groups in total. The maximum atomic E-state index is 14.0. The quantitative estimate of drug-likeness (QED) is 0.531. The van der Waals surface area contributed by atoms with Gasteiger partial charge in [-0.3, -0.25) is 13.9 Å². The van der Waals surface area contributed by atoms with Crippen LogP contribution in [0.15, 0.2) is 45.7 Å². The van der Waals surface area contributed by atoms with Gasteiger partial charge in [-0.2, -0.15) is 8.42 Å². The third-order valence-corrected chi connectivity index (χ3v) is 11.3. The van der Waals surface area contributed by atoms with E-state index in [9.17, 15) is 30.8 Å². The molecular weight excluding hydrogens is 559 g/mol. The minimum atomic E-state index is -4.37. The molecule has 2 aromatic rings. The molecule has 13 heteroatoms. The molecule has 0 radical (unpaired) electrons. The van der Waals surface area contributed by atoms with Crippen LogP contribution in [0, 0.1) is 36.4 Å². The normalized spacial score (nSPS) is 28.6. The maximum Gasteiger partial charge on any atom is 0.286 e. The first kappa shape index (κ1) is 26.9. The summed E-state index contributed by atoms with van der Waals surface area (Å²) in [6.07, 6.45) is 3.62. The lowest BCUT2D eigenvalue weighted by atomic mass is 9.73. The number of halogens is 1. The lowest BCUT2D eigenvalue weighted by Crippen LogP contribution is -2.61. The molecule has 2 aromatic carbocycles. The molecule has 40 heavy (non-hydrogen) atoms. The van der Waals surface area contributed by atoms with Crippen LogP contribution in [-0.2, 0) is 36.2 Å². The Balaban J connectivity index is 1.38. The smallest absolute Gasteiger partial charge is 0.286 e. The van der Waals surface area contributed by atoms with Crippen LogP contribution >= 0.6 is 0 Å². The number of rotatable bonds is 5. The number of amidine groups is 1. The summed E-state index contributed by atoms with van der Waals surface area (Å²) in [7, 11) is -6.71. The second-order valence-corrected chi connectivity index (χ2v) is 14.8. The van der Waals surface area contributed by atoms with E-state index in [-0.39, 0.29) is 58.1 Å². The van der Waals surface area contributed by atoms with Crippen LogP contribution in [-0.4, -0.2) is 58.6 Å². The molecule has 5 atom stereocenters. The Morgan fingerprint density at radius 1 is 1.12 bits per heavy atom. The van der Waals surface area contributed by atoms with Crippen molar-refractivity contribution in [1.29, 1.82) is 0 Å². The van der Waals surface area contributed by atoms with Crippen LogP contribution in [0.5, 0.6) is 0 Å². The number of sulfonamides is 2. The van der Waals surface area contributed by atoms with Crippen molar-refractivity contribution in [2.75, 3.05) is 22.9 Å². The minimum Gasteiger partial charge on any atom is -0.341 e. The molecule has 6 rings (SSSR count). The first-order valence-corrected chi connectivity index (χ1v) is 16.3. The summed E-state index contributed by atoms with van der Waals surface area (Å²) >= 11 is 0. The number of nitrogens with zero attached hydrogens (tertiary/aromatic N) is 3. The highest BCUT2D eigenvalue weighted by atomic mass is 32.2. The molecule has 1 saturated heterocycles. The summed E-state index contributed by atoms with van der Waals surface area (Å²) in [5.41, 5.74) is 1.40. The molecule has 2 aliphatic heterocycles. The summed E-state index contributed by atoms with van der Waals surface area (Å²) in [4.78, 5) is 29.3. The van der Waals surface area contributed by atoms with Crippen LogP contribution in [0.4, 0.5) is 15.8 Å².